The summed E-state index contributed by atoms with van der Waals surface area (Å²) in [5.41, 5.74) is 8.55. The van der Waals surface area contributed by atoms with Gasteiger partial charge in [-0.05, 0) is 20.3 Å². The van der Waals surface area contributed by atoms with Gasteiger partial charge in [-0.2, -0.15) is 8.42 Å². The highest BCUT2D eigenvalue weighted by atomic mass is 32.2. The van der Waals surface area contributed by atoms with Crippen molar-refractivity contribution >= 4 is 51.5 Å². The second-order valence-corrected chi connectivity index (χ2v) is 10.7. The number of likely N-dealkylation sites (tertiary alicyclic amines) is 1. The summed E-state index contributed by atoms with van der Waals surface area (Å²) in [5.74, 6) is -4.01. The standard InChI is InChI=1S/C17H25N7O9S2/c1-17(2,15(28)29)33-22-10(8-6-34-16(19)20-8)12(25)21-11-9(24(14(11)27)35(30,31)32)5-23-4-3-7(18)13(23)26/h6-7,9,11,16,20H,3-5,18-19H2,1-2H3,(H,21,25)(H,28,29)(H,30,31,32)/b22-10-. The van der Waals surface area contributed by atoms with E-state index in [1.54, 1.807) is 0 Å². The van der Waals surface area contributed by atoms with E-state index in [-0.39, 0.29) is 23.1 Å². The second kappa shape index (κ2) is 9.61. The fraction of sp³-hybridized carbons (Fsp3) is 0.588. The van der Waals surface area contributed by atoms with E-state index < -0.39 is 68.9 Å². The molecule has 3 heterocycles. The Morgan fingerprint density at radius 3 is 2.49 bits per heavy atom. The van der Waals surface area contributed by atoms with Crippen LogP contribution in [-0.4, -0.2) is 99.0 Å². The highest BCUT2D eigenvalue weighted by Gasteiger charge is 2.55. The van der Waals surface area contributed by atoms with Gasteiger partial charge in [-0.1, -0.05) is 16.9 Å². The third kappa shape index (κ3) is 5.50. The van der Waals surface area contributed by atoms with Crippen LogP contribution in [0, 0.1) is 0 Å². The molecule has 0 spiro atoms. The number of carboxylic acid groups (broad SMARTS) is 1. The number of amides is 3. The van der Waals surface area contributed by atoms with Crippen LogP contribution < -0.4 is 22.1 Å². The largest absolute Gasteiger partial charge is 0.478 e. The van der Waals surface area contributed by atoms with Gasteiger partial charge in [0.15, 0.2) is 5.71 Å². The van der Waals surface area contributed by atoms with Gasteiger partial charge in [-0.25, -0.2) is 9.10 Å². The molecular weight excluding hydrogens is 510 g/mol. The van der Waals surface area contributed by atoms with Gasteiger partial charge in [-0.15, -0.1) is 0 Å². The minimum absolute atomic E-state index is 0.0665. The molecule has 0 aliphatic carbocycles. The third-order valence-corrected chi connectivity index (χ3v) is 7.16. The highest BCUT2D eigenvalue weighted by Crippen LogP contribution is 2.27. The molecule has 0 saturated carbocycles. The third-order valence-electron chi connectivity index (χ3n) is 5.43. The first kappa shape index (κ1) is 26.7. The monoisotopic (exact) mass is 535 g/mol. The number of carboxylic acids is 1. The molecule has 8 N–H and O–H groups in total. The predicted molar refractivity (Wildman–Crippen MR) is 120 cm³/mol. The minimum atomic E-state index is -4.99. The van der Waals surface area contributed by atoms with Gasteiger partial charge in [0.1, 0.15) is 11.5 Å². The number of oxime groups is 1. The topological polar surface area (TPSA) is 247 Å². The summed E-state index contributed by atoms with van der Waals surface area (Å²) in [5, 5.41) is 19.3. The maximum atomic E-state index is 13.0. The van der Waals surface area contributed by atoms with Crippen molar-refractivity contribution < 1.29 is 42.1 Å². The van der Waals surface area contributed by atoms with Gasteiger partial charge in [0.2, 0.25) is 11.5 Å². The number of hydrogen-bond donors (Lipinski definition) is 6. The van der Waals surface area contributed by atoms with Crippen molar-refractivity contribution in [2.45, 2.75) is 49.5 Å². The van der Waals surface area contributed by atoms with Crippen LogP contribution in [0.1, 0.15) is 20.3 Å². The molecule has 3 rings (SSSR count). The normalized spacial score (nSPS) is 27.3. The van der Waals surface area contributed by atoms with Gasteiger partial charge in [0.25, 0.3) is 11.8 Å². The lowest BCUT2D eigenvalue weighted by molar-refractivity contribution is -0.161. The van der Waals surface area contributed by atoms with E-state index in [4.69, 9.17) is 16.3 Å². The maximum Gasteiger partial charge on any atom is 0.362 e. The van der Waals surface area contributed by atoms with E-state index in [2.05, 4.69) is 15.8 Å². The zero-order valence-electron chi connectivity index (χ0n) is 18.6. The van der Waals surface area contributed by atoms with Gasteiger partial charge in [-0.3, -0.25) is 18.9 Å². The van der Waals surface area contributed by atoms with Crippen LogP contribution in [0.4, 0.5) is 0 Å². The average molecular weight is 536 g/mol. The quantitative estimate of drug-likeness (QED) is 0.0733. The van der Waals surface area contributed by atoms with Crippen molar-refractivity contribution in [3.05, 3.63) is 11.1 Å². The molecule has 0 radical (unpaired) electrons. The molecule has 0 aromatic rings. The lowest BCUT2D eigenvalue weighted by atomic mass is 9.97. The molecule has 16 nitrogen and oxygen atoms in total. The summed E-state index contributed by atoms with van der Waals surface area (Å²) in [4.78, 5) is 55.3. The summed E-state index contributed by atoms with van der Waals surface area (Å²) in [6, 6.07) is -3.57. The fourth-order valence-electron chi connectivity index (χ4n) is 3.42. The molecule has 194 valence electrons. The van der Waals surface area contributed by atoms with E-state index >= 15 is 0 Å². The van der Waals surface area contributed by atoms with Gasteiger partial charge >= 0.3 is 16.3 Å². The van der Waals surface area contributed by atoms with Crippen LogP contribution in [0.2, 0.25) is 0 Å². The number of β-lactam (4-membered cyclic amide) rings is 1. The number of nitrogens with one attached hydrogen (secondary N) is 2. The van der Waals surface area contributed by atoms with Crippen LogP contribution in [-0.2, 0) is 34.3 Å². The Morgan fingerprint density at radius 2 is 2.00 bits per heavy atom. The molecule has 2 saturated heterocycles. The first-order valence-electron chi connectivity index (χ1n) is 10.2. The Balaban J connectivity index is 1.84. The van der Waals surface area contributed by atoms with Gasteiger partial charge in [0, 0.05) is 18.5 Å². The van der Waals surface area contributed by atoms with Crippen LogP contribution in [0.5, 0.6) is 0 Å². The first-order chi connectivity index (χ1) is 16.1. The Morgan fingerprint density at radius 1 is 1.34 bits per heavy atom. The number of nitrogens with two attached hydrogens (primary N) is 2. The predicted octanol–water partition coefficient (Wildman–Crippen LogP) is -3.30. The van der Waals surface area contributed by atoms with E-state index in [9.17, 15) is 37.3 Å². The maximum absolute atomic E-state index is 13.0. The highest BCUT2D eigenvalue weighted by molar-refractivity contribution is 8.02. The Bertz CT molecular complexity index is 1110. The van der Waals surface area contributed by atoms with Crippen LogP contribution in [0.3, 0.4) is 0 Å². The minimum Gasteiger partial charge on any atom is -0.478 e. The van der Waals surface area contributed by atoms with E-state index in [0.717, 1.165) is 11.8 Å². The summed E-state index contributed by atoms with van der Waals surface area (Å²) < 4.78 is 33.1. The molecule has 0 aromatic heterocycles. The van der Waals surface area contributed by atoms with Crippen LogP contribution >= 0.6 is 11.8 Å². The Kier molecular flexibility index (Phi) is 7.32. The van der Waals surface area contributed by atoms with Gasteiger partial charge in [0.05, 0.1) is 17.8 Å². The average Bonchev–Trinajstić information content (AvgIpc) is 3.30. The van der Waals surface area contributed by atoms with Crippen molar-refractivity contribution in [1.82, 2.24) is 19.8 Å². The van der Waals surface area contributed by atoms with Gasteiger partial charge < -0.3 is 36.9 Å². The zero-order chi connectivity index (χ0) is 26.3. The molecule has 0 bridgehead atoms. The number of thioether (sulfide) groups is 1. The lowest BCUT2D eigenvalue weighted by Gasteiger charge is -2.45. The summed E-state index contributed by atoms with van der Waals surface area (Å²) in [6.45, 7) is 2.26. The van der Waals surface area contributed by atoms with Crippen molar-refractivity contribution in [2.75, 3.05) is 13.1 Å². The number of rotatable bonds is 9. The van der Waals surface area contributed by atoms with E-state index in [1.165, 1.54) is 24.2 Å². The lowest BCUT2D eigenvalue weighted by Crippen LogP contribution is -2.74. The molecule has 4 atom stereocenters. The summed E-state index contributed by atoms with van der Waals surface area (Å²) >= 11 is 1.08. The fourth-order valence-corrected chi connectivity index (χ4v) is 4.95. The SMILES string of the molecule is CC(C)(O/N=C(\C(=O)NC1C(=O)N(S(=O)(=O)O)C1CN1CCC(N)C1=O)C1=CSC(N)N1)C(=O)O. The van der Waals surface area contributed by atoms with Crippen LogP contribution in [0.25, 0.3) is 0 Å². The number of aliphatic carboxylic acids is 1. The Hall–Kier alpha value is -2.93. The van der Waals surface area contributed by atoms with E-state index in [0.29, 0.717) is 6.42 Å². The molecule has 2 fully saturated rings. The number of hydrogen-bond acceptors (Lipinski definition) is 12. The van der Waals surface area contributed by atoms with Crippen molar-refractivity contribution in [2.24, 2.45) is 16.6 Å². The zero-order valence-corrected chi connectivity index (χ0v) is 20.2. The van der Waals surface area contributed by atoms with Crippen LogP contribution in [0.15, 0.2) is 16.3 Å². The van der Waals surface area contributed by atoms with E-state index in [1.807, 2.05) is 0 Å². The number of carbonyl (C=O) groups excluding carboxylic acids is 3. The molecule has 35 heavy (non-hydrogen) atoms. The van der Waals surface area contributed by atoms with Crippen molar-refractivity contribution in [3.63, 3.8) is 0 Å². The molecule has 3 aliphatic heterocycles. The summed E-state index contributed by atoms with van der Waals surface area (Å²) in [7, 11) is -4.99. The molecular formula is C17H25N7O9S2. The Labute approximate surface area is 203 Å². The first-order valence-corrected chi connectivity index (χ1v) is 12.5. The number of carbonyl (C=O) groups is 4. The van der Waals surface area contributed by atoms with Crippen molar-refractivity contribution in [3.8, 4) is 0 Å². The number of nitrogens with zero attached hydrogens (tertiary/aromatic N) is 3. The molecule has 3 aliphatic rings. The molecule has 3 amide bonds. The molecule has 18 heteroatoms. The molecule has 0 aromatic carbocycles. The smallest absolute Gasteiger partial charge is 0.362 e. The molecule has 4 unspecified atom stereocenters. The van der Waals surface area contributed by atoms with Crippen molar-refractivity contribution in [1.29, 1.82) is 0 Å². The second-order valence-electron chi connectivity index (χ2n) is 8.39. The summed E-state index contributed by atoms with van der Waals surface area (Å²) in [6.07, 6.45) is 0.313.